The third kappa shape index (κ3) is 2.99. The first-order chi connectivity index (χ1) is 5.36. The molecule has 0 aromatic rings. The van der Waals surface area contributed by atoms with Gasteiger partial charge >= 0.3 is 0 Å². The maximum atomic E-state index is 8.67. The molecule has 0 spiro atoms. The van der Waals surface area contributed by atoms with Gasteiger partial charge in [0, 0.05) is 19.7 Å². The Kier molecular flexibility index (Phi) is 4.22. The second kappa shape index (κ2) is 4.98. The maximum Gasteiger partial charge on any atom is 0.0733 e. The number of hydrogen-bond donors (Lipinski definition) is 1. The van der Waals surface area contributed by atoms with Crippen molar-refractivity contribution in [1.29, 1.82) is 0 Å². The Morgan fingerprint density at radius 2 is 2.55 bits per heavy atom. The SMILES string of the molecule is CSN1CCOC(CCO)C1. The summed E-state index contributed by atoms with van der Waals surface area (Å²) in [6.07, 6.45) is 3.07. The summed E-state index contributed by atoms with van der Waals surface area (Å²) in [6.45, 7) is 2.98. The topological polar surface area (TPSA) is 32.7 Å². The summed E-state index contributed by atoms with van der Waals surface area (Å²) < 4.78 is 7.70. The van der Waals surface area contributed by atoms with Crippen LogP contribution < -0.4 is 0 Å². The Bertz CT molecular complexity index is 111. The van der Waals surface area contributed by atoms with Crippen molar-refractivity contribution in [2.24, 2.45) is 0 Å². The maximum absolute atomic E-state index is 8.67. The lowest BCUT2D eigenvalue weighted by molar-refractivity contribution is -0.0103. The molecule has 66 valence electrons. The molecule has 4 heteroatoms. The van der Waals surface area contributed by atoms with Gasteiger partial charge in [-0.05, 0) is 12.7 Å². The molecule has 1 aliphatic rings. The third-order valence-electron chi connectivity index (χ3n) is 1.81. The molecule has 0 saturated carbocycles. The van der Waals surface area contributed by atoms with E-state index in [0.29, 0.717) is 0 Å². The van der Waals surface area contributed by atoms with Crippen molar-refractivity contribution in [3.05, 3.63) is 0 Å². The number of rotatable bonds is 3. The lowest BCUT2D eigenvalue weighted by Gasteiger charge is -2.30. The number of hydrogen-bond acceptors (Lipinski definition) is 4. The van der Waals surface area contributed by atoms with Gasteiger partial charge in [0.1, 0.15) is 0 Å². The van der Waals surface area contributed by atoms with Gasteiger partial charge in [-0.15, -0.1) is 0 Å². The molecular formula is C7H15NO2S. The second-order valence-electron chi connectivity index (χ2n) is 2.58. The van der Waals surface area contributed by atoms with E-state index in [1.165, 1.54) is 0 Å². The van der Waals surface area contributed by atoms with Gasteiger partial charge < -0.3 is 9.84 Å². The van der Waals surface area contributed by atoms with Crippen LogP contribution >= 0.6 is 11.9 Å². The Morgan fingerprint density at radius 3 is 3.18 bits per heavy atom. The zero-order chi connectivity index (χ0) is 8.10. The fourth-order valence-electron chi connectivity index (χ4n) is 1.18. The van der Waals surface area contributed by atoms with Crippen LogP contribution in [0.5, 0.6) is 0 Å². The zero-order valence-electron chi connectivity index (χ0n) is 6.82. The number of aliphatic hydroxyl groups excluding tert-OH is 1. The molecule has 1 aliphatic heterocycles. The lowest BCUT2D eigenvalue weighted by Crippen LogP contribution is -2.38. The van der Waals surface area contributed by atoms with E-state index >= 15 is 0 Å². The summed E-state index contributed by atoms with van der Waals surface area (Å²) in [6, 6.07) is 0. The third-order valence-corrected chi connectivity index (χ3v) is 2.66. The summed E-state index contributed by atoms with van der Waals surface area (Å²) >= 11 is 1.75. The van der Waals surface area contributed by atoms with E-state index in [4.69, 9.17) is 9.84 Å². The second-order valence-corrected chi connectivity index (χ2v) is 3.46. The average Bonchev–Trinajstić information content (AvgIpc) is 2.06. The largest absolute Gasteiger partial charge is 0.396 e. The van der Waals surface area contributed by atoms with Crippen molar-refractivity contribution >= 4 is 11.9 Å². The Labute approximate surface area is 71.8 Å². The van der Waals surface area contributed by atoms with Crippen LogP contribution in [0.3, 0.4) is 0 Å². The highest BCUT2D eigenvalue weighted by Crippen LogP contribution is 2.13. The molecule has 3 nitrogen and oxygen atoms in total. The number of ether oxygens (including phenoxy) is 1. The Hall–Kier alpha value is 0.230. The molecule has 1 heterocycles. The predicted octanol–water partition coefficient (Wildman–Crippen LogP) is 0.348. The van der Waals surface area contributed by atoms with Crippen molar-refractivity contribution in [2.75, 3.05) is 32.6 Å². The summed E-state index contributed by atoms with van der Waals surface area (Å²) in [5.41, 5.74) is 0. The van der Waals surface area contributed by atoms with Gasteiger partial charge in [0.05, 0.1) is 12.7 Å². The van der Waals surface area contributed by atoms with E-state index in [1.54, 1.807) is 11.9 Å². The number of nitrogens with zero attached hydrogens (tertiary/aromatic N) is 1. The highest BCUT2D eigenvalue weighted by Gasteiger charge is 2.18. The molecule has 1 rings (SSSR count). The van der Waals surface area contributed by atoms with Crippen LogP contribution in [0.15, 0.2) is 0 Å². The van der Waals surface area contributed by atoms with E-state index in [0.717, 1.165) is 26.1 Å². The smallest absolute Gasteiger partial charge is 0.0733 e. The lowest BCUT2D eigenvalue weighted by atomic mass is 10.2. The Morgan fingerprint density at radius 1 is 1.73 bits per heavy atom. The van der Waals surface area contributed by atoms with Crippen molar-refractivity contribution in [3.63, 3.8) is 0 Å². The molecule has 1 saturated heterocycles. The number of morpholine rings is 1. The first kappa shape index (κ1) is 9.32. The van der Waals surface area contributed by atoms with Gasteiger partial charge in [0.15, 0.2) is 0 Å². The van der Waals surface area contributed by atoms with Gasteiger partial charge in [0.25, 0.3) is 0 Å². The summed E-state index contributed by atoms with van der Waals surface area (Å²) in [7, 11) is 0. The van der Waals surface area contributed by atoms with E-state index in [2.05, 4.69) is 10.6 Å². The van der Waals surface area contributed by atoms with Gasteiger partial charge in [-0.25, -0.2) is 4.31 Å². The standard InChI is InChI=1S/C7H15NO2S/c1-11-8-3-5-10-7(6-8)2-4-9/h7,9H,2-6H2,1H3. The van der Waals surface area contributed by atoms with Crippen LogP contribution in [0.2, 0.25) is 0 Å². The molecule has 1 N–H and O–H groups in total. The van der Waals surface area contributed by atoms with E-state index < -0.39 is 0 Å². The average molecular weight is 177 g/mol. The molecule has 0 amide bonds. The van der Waals surface area contributed by atoms with Crippen LogP contribution in [-0.4, -0.2) is 48.1 Å². The van der Waals surface area contributed by atoms with Crippen molar-refractivity contribution < 1.29 is 9.84 Å². The van der Waals surface area contributed by atoms with E-state index in [-0.39, 0.29) is 12.7 Å². The van der Waals surface area contributed by atoms with Crippen molar-refractivity contribution in [1.82, 2.24) is 4.31 Å². The van der Waals surface area contributed by atoms with Gasteiger partial charge in [0.2, 0.25) is 0 Å². The minimum atomic E-state index is 0.229. The molecule has 0 bridgehead atoms. The van der Waals surface area contributed by atoms with E-state index in [1.807, 2.05) is 0 Å². The summed E-state index contributed by atoms with van der Waals surface area (Å²) in [5.74, 6) is 0. The minimum absolute atomic E-state index is 0.229. The first-order valence-electron chi connectivity index (χ1n) is 3.88. The molecule has 1 atom stereocenters. The molecule has 0 aromatic carbocycles. The van der Waals surface area contributed by atoms with Crippen LogP contribution in [0, 0.1) is 0 Å². The highest BCUT2D eigenvalue weighted by molar-refractivity contribution is 7.96. The van der Waals surface area contributed by atoms with Gasteiger partial charge in [-0.2, -0.15) is 0 Å². The fourth-order valence-corrected chi connectivity index (χ4v) is 1.75. The zero-order valence-corrected chi connectivity index (χ0v) is 7.64. The van der Waals surface area contributed by atoms with E-state index in [9.17, 15) is 0 Å². The van der Waals surface area contributed by atoms with Crippen LogP contribution in [-0.2, 0) is 4.74 Å². The molecule has 1 fully saturated rings. The first-order valence-corrected chi connectivity index (χ1v) is 5.06. The van der Waals surface area contributed by atoms with Crippen LogP contribution in [0.25, 0.3) is 0 Å². The molecule has 0 aromatic heterocycles. The van der Waals surface area contributed by atoms with Crippen LogP contribution in [0.1, 0.15) is 6.42 Å². The van der Waals surface area contributed by atoms with Crippen molar-refractivity contribution in [3.8, 4) is 0 Å². The molecule has 11 heavy (non-hydrogen) atoms. The Balaban J connectivity index is 2.21. The monoisotopic (exact) mass is 177 g/mol. The molecular weight excluding hydrogens is 162 g/mol. The van der Waals surface area contributed by atoms with Crippen molar-refractivity contribution in [2.45, 2.75) is 12.5 Å². The number of aliphatic hydroxyl groups is 1. The molecule has 0 aliphatic carbocycles. The summed E-state index contributed by atoms with van der Waals surface area (Å²) in [5, 5.41) is 8.67. The quantitative estimate of drug-likeness (QED) is 0.630. The normalized spacial score (nSPS) is 27.3. The van der Waals surface area contributed by atoms with Crippen LogP contribution in [0.4, 0.5) is 0 Å². The fraction of sp³-hybridized carbons (Fsp3) is 1.00. The minimum Gasteiger partial charge on any atom is -0.396 e. The van der Waals surface area contributed by atoms with Gasteiger partial charge in [-0.3, -0.25) is 0 Å². The highest BCUT2D eigenvalue weighted by atomic mass is 32.2. The molecule has 0 radical (unpaired) electrons. The summed E-state index contributed by atoms with van der Waals surface area (Å²) in [4.78, 5) is 0. The van der Waals surface area contributed by atoms with Gasteiger partial charge in [-0.1, -0.05) is 11.9 Å². The predicted molar refractivity (Wildman–Crippen MR) is 46.5 cm³/mol. The molecule has 1 unspecified atom stereocenters.